The second-order valence-electron chi connectivity index (χ2n) is 5.82. The molecule has 2 aromatic rings. The molecule has 0 saturated heterocycles. The molecule has 0 spiro atoms. The molecule has 27 heavy (non-hydrogen) atoms. The molecule has 2 rings (SSSR count). The third-order valence-electron chi connectivity index (χ3n) is 4.02. The Labute approximate surface area is 176 Å². The van der Waals surface area contributed by atoms with Crippen molar-refractivity contribution in [3.63, 3.8) is 0 Å². The van der Waals surface area contributed by atoms with Crippen LogP contribution in [-0.2, 0) is 13.0 Å². The highest BCUT2D eigenvalue weighted by atomic mass is 127. The Hall–Kier alpha value is -2.34. The number of aryl methyl sites for hydroxylation is 1. The number of nitrogens with one attached hydrogen (secondary N) is 2. The van der Waals surface area contributed by atoms with Gasteiger partial charge in [0.05, 0.1) is 18.7 Å². The number of halogens is 2. The van der Waals surface area contributed by atoms with Crippen molar-refractivity contribution in [2.24, 2.45) is 4.99 Å². The smallest absolute Gasteiger partial charge is 0.191 e. The second-order valence-corrected chi connectivity index (χ2v) is 5.82. The van der Waals surface area contributed by atoms with E-state index in [4.69, 9.17) is 10.00 Å². The van der Waals surface area contributed by atoms with Gasteiger partial charge in [0.25, 0.3) is 0 Å². The molecule has 0 bridgehead atoms. The first kappa shape index (κ1) is 22.7. The summed E-state index contributed by atoms with van der Waals surface area (Å²) >= 11 is 0. The number of rotatable bonds is 6. The van der Waals surface area contributed by atoms with E-state index in [1.165, 1.54) is 18.2 Å². The predicted molar refractivity (Wildman–Crippen MR) is 116 cm³/mol. The van der Waals surface area contributed by atoms with Crippen LogP contribution in [0, 0.1) is 24.1 Å². The van der Waals surface area contributed by atoms with Crippen molar-refractivity contribution in [1.82, 2.24) is 10.6 Å². The van der Waals surface area contributed by atoms with E-state index in [9.17, 15) is 4.39 Å². The van der Waals surface area contributed by atoms with Gasteiger partial charge in [0, 0.05) is 25.7 Å². The lowest BCUT2D eigenvalue weighted by Crippen LogP contribution is -2.38. The van der Waals surface area contributed by atoms with Gasteiger partial charge in [0.2, 0.25) is 0 Å². The van der Waals surface area contributed by atoms with Crippen LogP contribution in [0.5, 0.6) is 5.75 Å². The van der Waals surface area contributed by atoms with Gasteiger partial charge in [-0.1, -0.05) is 12.1 Å². The van der Waals surface area contributed by atoms with Gasteiger partial charge < -0.3 is 15.4 Å². The average Bonchev–Trinajstić information content (AvgIpc) is 2.66. The van der Waals surface area contributed by atoms with Crippen LogP contribution in [0.1, 0.15) is 22.3 Å². The van der Waals surface area contributed by atoms with Crippen molar-refractivity contribution in [3.05, 3.63) is 64.5 Å². The van der Waals surface area contributed by atoms with Crippen LogP contribution in [-0.4, -0.2) is 26.7 Å². The van der Waals surface area contributed by atoms with E-state index in [0.29, 0.717) is 23.6 Å². The summed E-state index contributed by atoms with van der Waals surface area (Å²) in [5, 5.41) is 15.2. The number of nitriles is 1. The number of nitrogens with zero attached hydrogens (tertiary/aromatic N) is 2. The van der Waals surface area contributed by atoms with Crippen molar-refractivity contribution in [1.29, 1.82) is 5.26 Å². The summed E-state index contributed by atoms with van der Waals surface area (Å²) in [5.41, 5.74) is 3.11. The standard InChI is InChI=1S/C20H23FN4O.HI/c1-14-4-5-15(11-19(14)26-3)8-9-24-20(23-2)25-13-17-10-16(12-22)6-7-18(17)21;/h4-7,10-11H,8-9,13H2,1-3H3,(H2,23,24,25);1H. The number of guanidine groups is 1. The fourth-order valence-electron chi connectivity index (χ4n) is 2.52. The molecule has 0 radical (unpaired) electrons. The monoisotopic (exact) mass is 482 g/mol. The fraction of sp³-hybridized carbons (Fsp3) is 0.300. The SMILES string of the molecule is CN=C(NCCc1ccc(C)c(OC)c1)NCc1cc(C#N)ccc1F.I. The summed E-state index contributed by atoms with van der Waals surface area (Å²) in [4.78, 5) is 4.14. The van der Waals surface area contributed by atoms with E-state index >= 15 is 0 Å². The Balaban J connectivity index is 0.00000364. The zero-order chi connectivity index (χ0) is 18.9. The topological polar surface area (TPSA) is 69.4 Å². The molecule has 0 heterocycles. The minimum atomic E-state index is -0.348. The number of aliphatic imine (C=N–C) groups is 1. The molecule has 0 atom stereocenters. The van der Waals surface area contributed by atoms with Gasteiger partial charge in [0.1, 0.15) is 11.6 Å². The first-order valence-corrected chi connectivity index (χ1v) is 8.34. The molecular weight excluding hydrogens is 458 g/mol. The van der Waals surface area contributed by atoms with E-state index < -0.39 is 0 Å². The highest BCUT2D eigenvalue weighted by Gasteiger charge is 2.06. The van der Waals surface area contributed by atoms with Gasteiger partial charge in [-0.2, -0.15) is 5.26 Å². The normalized spacial score (nSPS) is 10.6. The van der Waals surface area contributed by atoms with Crippen LogP contribution in [0.2, 0.25) is 0 Å². The first-order chi connectivity index (χ1) is 12.6. The van der Waals surface area contributed by atoms with Gasteiger partial charge in [-0.25, -0.2) is 4.39 Å². The molecule has 144 valence electrons. The van der Waals surface area contributed by atoms with E-state index in [2.05, 4.69) is 21.7 Å². The second kappa shape index (κ2) is 11.4. The molecule has 5 nitrogen and oxygen atoms in total. The Kier molecular flexibility index (Phi) is 9.58. The molecule has 0 aromatic heterocycles. The molecule has 2 aromatic carbocycles. The number of ether oxygens (including phenoxy) is 1. The van der Waals surface area contributed by atoms with Crippen LogP contribution in [0.25, 0.3) is 0 Å². The zero-order valence-electron chi connectivity index (χ0n) is 15.7. The maximum Gasteiger partial charge on any atom is 0.191 e. The number of methoxy groups -OCH3 is 1. The highest BCUT2D eigenvalue weighted by Crippen LogP contribution is 2.19. The molecular formula is C20H24FIN4O. The molecule has 0 aliphatic rings. The zero-order valence-corrected chi connectivity index (χ0v) is 18.0. The Morgan fingerprint density at radius 3 is 2.67 bits per heavy atom. The number of benzene rings is 2. The lowest BCUT2D eigenvalue weighted by molar-refractivity contribution is 0.411. The summed E-state index contributed by atoms with van der Waals surface area (Å²) in [7, 11) is 3.32. The maximum absolute atomic E-state index is 13.8. The maximum atomic E-state index is 13.8. The van der Waals surface area contributed by atoms with Crippen molar-refractivity contribution < 1.29 is 9.13 Å². The molecule has 0 saturated carbocycles. The van der Waals surface area contributed by atoms with Gasteiger partial charge in [0.15, 0.2) is 5.96 Å². The average molecular weight is 482 g/mol. The summed E-state index contributed by atoms with van der Waals surface area (Å²) in [6, 6.07) is 12.4. The van der Waals surface area contributed by atoms with Gasteiger partial charge >= 0.3 is 0 Å². The Morgan fingerprint density at radius 2 is 2.00 bits per heavy atom. The number of hydrogen-bond donors (Lipinski definition) is 2. The molecule has 0 fully saturated rings. The minimum Gasteiger partial charge on any atom is -0.496 e. The summed E-state index contributed by atoms with van der Waals surface area (Å²) in [5.74, 6) is 1.10. The van der Waals surface area contributed by atoms with Crippen LogP contribution < -0.4 is 15.4 Å². The molecule has 2 N–H and O–H groups in total. The number of hydrogen-bond acceptors (Lipinski definition) is 3. The summed E-state index contributed by atoms with van der Waals surface area (Å²) < 4.78 is 19.2. The van der Waals surface area contributed by atoms with Gasteiger partial charge in [-0.3, -0.25) is 4.99 Å². The highest BCUT2D eigenvalue weighted by molar-refractivity contribution is 14.0. The molecule has 7 heteroatoms. The summed E-state index contributed by atoms with van der Waals surface area (Å²) in [6.07, 6.45) is 0.801. The molecule has 0 unspecified atom stereocenters. The third kappa shape index (κ3) is 6.71. The minimum absolute atomic E-state index is 0. The van der Waals surface area contributed by atoms with E-state index in [0.717, 1.165) is 23.3 Å². The van der Waals surface area contributed by atoms with Crippen molar-refractivity contribution in [2.45, 2.75) is 19.9 Å². The van der Waals surface area contributed by atoms with Crippen molar-refractivity contribution in [3.8, 4) is 11.8 Å². The summed E-state index contributed by atoms with van der Waals surface area (Å²) in [6.45, 7) is 2.93. The van der Waals surface area contributed by atoms with Crippen LogP contribution in [0.4, 0.5) is 4.39 Å². The largest absolute Gasteiger partial charge is 0.496 e. The third-order valence-corrected chi connectivity index (χ3v) is 4.02. The lowest BCUT2D eigenvalue weighted by Gasteiger charge is -2.13. The van der Waals surface area contributed by atoms with E-state index in [1.54, 1.807) is 14.2 Å². The van der Waals surface area contributed by atoms with Crippen molar-refractivity contribution >= 4 is 29.9 Å². The van der Waals surface area contributed by atoms with Crippen molar-refractivity contribution in [2.75, 3.05) is 20.7 Å². The Bertz CT molecular complexity index is 833. The Morgan fingerprint density at radius 1 is 1.22 bits per heavy atom. The van der Waals surface area contributed by atoms with Gasteiger partial charge in [-0.05, 0) is 48.7 Å². The van der Waals surface area contributed by atoms with Gasteiger partial charge in [-0.15, -0.1) is 24.0 Å². The van der Waals surface area contributed by atoms with Crippen LogP contribution >= 0.6 is 24.0 Å². The van der Waals surface area contributed by atoms with Crippen LogP contribution in [0.3, 0.4) is 0 Å². The molecule has 0 amide bonds. The first-order valence-electron chi connectivity index (χ1n) is 8.34. The molecule has 0 aliphatic heterocycles. The van der Waals surface area contributed by atoms with E-state index in [1.807, 2.05) is 25.1 Å². The molecule has 0 aliphatic carbocycles. The quantitative estimate of drug-likeness (QED) is 0.376. The lowest BCUT2D eigenvalue weighted by atomic mass is 10.1. The fourth-order valence-corrected chi connectivity index (χ4v) is 2.52. The van der Waals surface area contributed by atoms with E-state index in [-0.39, 0.29) is 36.3 Å². The van der Waals surface area contributed by atoms with Crippen LogP contribution in [0.15, 0.2) is 41.4 Å². The predicted octanol–water partition coefficient (Wildman–Crippen LogP) is 3.54.